The molecule has 0 spiro atoms. The van der Waals surface area contributed by atoms with E-state index < -0.39 is 0 Å². The van der Waals surface area contributed by atoms with Crippen molar-refractivity contribution in [2.75, 3.05) is 0 Å². The predicted octanol–water partition coefficient (Wildman–Crippen LogP) is 4.85. The molecule has 1 radical (unpaired) electrons. The van der Waals surface area contributed by atoms with Crippen molar-refractivity contribution in [2.45, 2.75) is 71.6 Å². The molecule has 1 aliphatic rings. The number of nitrogens with zero attached hydrogens (tertiary/aromatic N) is 1. The van der Waals surface area contributed by atoms with Crippen LogP contribution < -0.4 is 5.32 Å². The molecule has 0 fully saturated rings. The summed E-state index contributed by atoms with van der Waals surface area (Å²) >= 11 is 0. The van der Waals surface area contributed by atoms with Gasteiger partial charge in [-0.3, -0.25) is 5.32 Å². The Bertz CT molecular complexity index is 256. The molecule has 1 aliphatic heterocycles. The van der Waals surface area contributed by atoms with Gasteiger partial charge in [0, 0.05) is 6.42 Å². The minimum absolute atomic E-state index is 1.04. The van der Waals surface area contributed by atoms with Gasteiger partial charge in [0.15, 0.2) is 0 Å². The molecule has 0 bridgehead atoms. The second-order valence-electron chi connectivity index (χ2n) is 4.77. The fraction of sp³-hybridized carbons (Fsp3) is 0.733. The summed E-state index contributed by atoms with van der Waals surface area (Å²) in [7, 11) is 0. The highest BCUT2D eigenvalue weighted by Gasteiger charge is 2.06. The van der Waals surface area contributed by atoms with Crippen molar-refractivity contribution in [2.24, 2.45) is 0 Å². The van der Waals surface area contributed by atoms with Gasteiger partial charge in [0.2, 0.25) is 0 Å². The number of hydrogen-bond donors (Lipinski definition) is 0. The Morgan fingerprint density at radius 3 is 2.29 bits per heavy atom. The third-order valence-electron chi connectivity index (χ3n) is 3.20. The lowest BCUT2D eigenvalue weighted by Crippen LogP contribution is -2.04. The summed E-state index contributed by atoms with van der Waals surface area (Å²) in [5.41, 5.74) is 1.04. The molecule has 1 rings (SSSR count). The zero-order valence-corrected chi connectivity index (χ0v) is 11.4. The Morgan fingerprint density at radius 2 is 1.65 bits per heavy atom. The number of unbranched alkanes of at least 4 members (excludes halogenated alkanes) is 7. The first-order valence-electron chi connectivity index (χ1n) is 7.07. The minimum Gasteiger partial charge on any atom is -0.466 e. The summed E-state index contributed by atoms with van der Waals surface area (Å²) in [5.74, 6) is 1.05. The fourth-order valence-electron chi connectivity index (χ4n) is 2.07. The molecule has 1 heterocycles. The fourth-order valence-corrected chi connectivity index (χ4v) is 2.07. The first kappa shape index (κ1) is 14.1. The Hall–Kier alpha value is -0.920. The van der Waals surface area contributed by atoms with Gasteiger partial charge in [0.05, 0.1) is 11.9 Å². The first-order chi connectivity index (χ1) is 8.34. The maximum atomic E-state index is 5.46. The molecular weight excluding hydrogens is 210 g/mol. The molecule has 97 valence electrons. The quantitative estimate of drug-likeness (QED) is 0.525. The topological polar surface area (TPSA) is 23.3 Å². The van der Waals surface area contributed by atoms with Gasteiger partial charge in [-0.05, 0) is 13.3 Å². The van der Waals surface area contributed by atoms with Crippen LogP contribution in [0.5, 0.6) is 0 Å². The normalized spacial score (nSPS) is 14.7. The van der Waals surface area contributed by atoms with Crippen molar-refractivity contribution in [1.82, 2.24) is 5.32 Å². The Morgan fingerprint density at radius 1 is 1.00 bits per heavy atom. The van der Waals surface area contributed by atoms with E-state index in [1.807, 2.05) is 6.92 Å². The van der Waals surface area contributed by atoms with Crippen molar-refractivity contribution in [3.05, 3.63) is 23.9 Å². The van der Waals surface area contributed by atoms with Gasteiger partial charge in [0.25, 0.3) is 0 Å². The van der Waals surface area contributed by atoms with Gasteiger partial charge >= 0.3 is 0 Å². The summed E-state index contributed by atoms with van der Waals surface area (Å²) in [6.07, 6.45) is 15.3. The van der Waals surface area contributed by atoms with Crippen molar-refractivity contribution in [3.8, 4) is 0 Å². The smallest absolute Gasteiger partial charge is 0.124 e. The van der Waals surface area contributed by atoms with Gasteiger partial charge < -0.3 is 4.74 Å². The van der Waals surface area contributed by atoms with Crippen LogP contribution in [0.3, 0.4) is 0 Å². The summed E-state index contributed by atoms with van der Waals surface area (Å²) in [4.78, 5) is 0. The maximum absolute atomic E-state index is 5.46. The van der Waals surface area contributed by atoms with Crippen molar-refractivity contribution in [1.29, 1.82) is 0 Å². The molecule has 2 nitrogen and oxygen atoms in total. The molecule has 0 saturated carbocycles. The third kappa shape index (κ3) is 6.40. The van der Waals surface area contributed by atoms with Gasteiger partial charge in [-0.25, -0.2) is 0 Å². The summed E-state index contributed by atoms with van der Waals surface area (Å²) in [6, 6.07) is 0. The first-order valence-corrected chi connectivity index (χ1v) is 7.07. The number of ether oxygens (including phenoxy) is 1. The second-order valence-corrected chi connectivity index (χ2v) is 4.77. The average Bonchev–Trinajstić information content (AvgIpc) is 2.35. The van der Waals surface area contributed by atoms with Gasteiger partial charge in [-0.1, -0.05) is 51.9 Å². The van der Waals surface area contributed by atoms with E-state index in [0.717, 1.165) is 17.9 Å². The van der Waals surface area contributed by atoms with Crippen molar-refractivity contribution < 1.29 is 4.74 Å². The molecule has 0 N–H and O–H groups in total. The minimum atomic E-state index is 1.04. The molecule has 0 atom stereocenters. The largest absolute Gasteiger partial charge is 0.466 e. The van der Waals surface area contributed by atoms with E-state index in [4.69, 9.17) is 4.74 Å². The van der Waals surface area contributed by atoms with E-state index >= 15 is 0 Å². The number of hydrogen-bond acceptors (Lipinski definition) is 1. The number of rotatable bonds is 9. The maximum Gasteiger partial charge on any atom is 0.124 e. The van der Waals surface area contributed by atoms with E-state index in [1.54, 1.807) is 12.5 Å². The molecule has 0 aromatic carbocycles. The lowest BCUT2D eigenvalue weighted by atomic mass is 10.1. The molecule has 0 saturated heterocycles. The van der Waals surface area contributed by atoms with Crippen LogP contribution in [0.1, 0.15) is 71.6 Å². The van der Waals surface area contributed by atoms with Crippen LogP contribution in [0, 0.1) is 0 Å². The molecule has 0 unspecified atom stereocenters. The van der Waals surface area contributed by atoms with Crippen molar-refractivity contribution in [3.63, 3.8) is 0 Å². The zero-order chi connectivity index (χ0) is 12.3. The van der Waals surface area contributed by atoms with Gasteiger partial charge in [-0.15, -0.1) is 0 Å². The summed E-state index contributed by atoms with van der Waals surface area (Å²) in [5, 5.41) is 4.23. The van der Waals surface area contributed by atoms with E-state index in [1.165, 1.54) is 51.4 Å². The molecule has 0 aromatic rings. The molecule has 0 amide bonds. The van der Waals surface area contributed by atoms with Crippen LogP contribution in [0.2, 0.25) is 0 Å². The highest BCUT2D eigenvalue weighted by molar-refractivity contribution is 5.10. The molecule has 0 aliphatic carbocycles. The van der Waals surface area contributed by atoms with Crippen LogP contribution in [0.15, 0.2) is 23.9 Å². The summed E-state index contributed by atoms with van der Waals surface area (Å²) < 4.78 is 5.46. The highest BCUT2D eigenvalue weighted by Crippen LogP contribution is 2.18. The van der Waals surface area contributed by atoms with E-state index in [0.29, 0.717) is 0 Å². The SMILES string of the molecule is CCCCCCCCCCC1=C(C)[N]C=CO1. The van der Waals surface area contributed by atoms with Crippen LogP contribution in [-0.2, 0) is 4.74 Å². The molecule has 17 heavy (non-hydrogen) atoms. The van der Waals surface area contributed by atoms with E-state index in [-0.39, 0.29) is 0 Å². The Balaban J connectivity index is 1.94. The summed E-state index contributed by atoms with van der Waals surface area (Å²) in [6.45, 7) is 4.28. The molecule has 2 heteroatoms. The van der Waals surface area contributed by atoms with Gasteiger partial charge in [-0.2, -0.15) is 0 Å². The number of allylic oxidation sites excluding steroid dienone is 2. The standard InChI is InChI=1S/C15H26NO/c1-3-4-5-6-7-8-9-10-11-15-14(2)16-12-13-17-15/h12-13H,3-11H2,1-2H3. The van der Waals surface area contributed by atoms with Crippen molar-refractivity contribution >= 4 is 0 Å². The molecule has 0 aromatic heterocycles. The van der Waals surface area contributed by atoms with Crippen LogP contribution in [0.25, 0.3) is 0 Å². The van der Waals surface area contributed by atoms with Gasteiger partial charge in [0.1, 0.15) is 12.0 Å². The third-order valence-corrected chi connectivity index (χ3v) is 3.20. The average molecular weight is 236 g/mol. The predicted molar refractivity (Wildman–Crippen MR) is 72.3 cm³/mol. The Kier molecular flexibility index (Phi) is 7.61. The van der Waals surface area contributed by atoms with Crippen LogP contribution >= 0.6 is 0 Å². The van der Waals surface area contributed by atoms with E-state index in [2.05, 4.69) is 12.2 Å². The monoisotopic (exact) mass is 236 g/mol. The second kappa shape index (κ2) is 9.15. The Labute approximate surface area is 106 Å². The van der Waals surface area contributed by atoms with E-state index in [9.17, 15) is 0 Å². The lowest BCUT2D eigenvalue weighted by Gasteiger charge is -2.13. The zero-order valence-electron chi connectivity index (χ0n) is 11.4. The van der Waals surface area contributed by atoms with Crippen LogP contribution in [-0.4, -0.2) is 0 Å². The lowest BCUT2D eigenvalue weighted by molar-refractivity contribution is 0.308. The van der Waals surface area contributed by atoms with Crippen LogP contribution in [0.4, 0.5) is 0 Å². The molecular formula is C15H26NO. The highest BCUT2D eigenvalue weighted by atomic mass is 16.5.